The van der Waals surface area contributed by atoms with Gasteiger partial charge in [0.1, 0.15) is 11.5 Å². The number of phenols is 1. The van der Waals surface area contributed by atoms with Crippen LogP contribution in [0, 0.1) is 0 Å². The molecule has 1 aromatic heterocycles. The van der Waals surface area contributed by atoms with E-state index in [0.717, 1.165) is 5.56 Å². The first kappa shape index (κ1) is 13.9. The summed E-state index contributed by atoms with van der Waals surface area (Å²) >= 11 is 0. The molecule has 2 rings (SSSR count). The lowest BCUT2D eigenvalue weighted by Gasteiger charge is -2.08. The van der Waals surface area contributed by atoms with Crippen LogP contribution in [-0.2, 0) is 6.42 Å². The number of phenolic OH excluding ortho intramolecular Hbond substituents is 1. The molecule has 5 heteroatoms. The molecular weight excluding hydrogens is 256 g/mol. The normalized spacial score (nSPS) is 10.1. The van der Waals surface area contributed by atoms with Gasteiger partial charge in [-0.2, -0.15) is 0 Å². The van der Waals surface area contributed by atoms with E-state index >= 15 is 0 Å². The summed E-state index contributed by atoms with van der Waals surface area (Å²) in [4.78, 5) is 16.0. The molecule has 5 nitrogen and oxygen atoms in total. The van der Waals surface area contributed by atoms with Crippen LogP contribution in [0.4, 0.5) is 0 Å². The highest BCUT2D eigenvalue weighted by molar-refractivity contribution is 5.97. The van der Waals surface area contributed by atoms with E-state index < -0.39 is 0 Å². The Balaban J connectivity index is 1.95. The Labute approximate surface area is 117 Å². The standard InChI is InChI=1S/C15H16N2O3/c1-20-12-4-5-14(18)13(9-12)15(19)17-8-6-11-3-2-7-16-10-11/h2-5,7,9-10,18H,6,8H2,1H3,(H,17,19). The van der Waals surface area contributed by atoms with Crippen LogP contribution in [-0.4, -0.2) is 29.7 Å². The molecule has 20 heavy (non-hydrogen) atoms. The topological polar surface area (TPSA) is 71.5 Å². The molecule has 0 spiro atoms. The lowest BCUT2D eigenvalue weighted by molar-refractivity contribution is 0.0951. The van der Waals surface area contributed by atoms with Crippen LogP contribution < -0.4 is 10.1 Å². The molecule has 2 aromatic rings. The molecule has 0 bridgehead atoms. The number of carbonyl (C=O) groups is 1. The van der Waals surface area contributed by atoms with Gasteiger partial charge in [0.15, 0.2) is 0 Å². The van der Waals surface area contributed by atoms with Crippen molar-refractivity contribution in [2.45, 2.75) is 6.42 Å². The number of nitrogens with zero attached hydrogens (tertiary/aromatic N) is 1. The van der Waals surface area contributed by atoms with Crippen molar-refractivity contribution in [2.75, 3.05) is 13.7 Å². The van der Waals surface area contributed by atoms with Gasteiger partial charge in [-0.15, -0.1) is 0 Å². The van der Waals surface area contributed by atoms with E-state index in [2.05, 4.69) is 10.3 Å². The van der Waals surface area contributed by atoms with E-state index in [1.54, 1.807) is 18.5 Å². The number of methoxy groups -OCH3 is 1. The van der Waals surface area contributed by atoms with E-state index in [9.17, 15) is 9.90 Å². The quantitative estimate of drug-likeness (QED) is 0.870. The van der Waals surface area contributed by atoms with Crippen LogP contribution in [0.2, 0.25) is 0 Å². The predicted octanol–water partition coefficient (Wildman–Crippen LogP) is 1.77. The number of pyridine rings is 1. The Morgan fingerprint density at radius 2 is 2.25 bits per heavy atom. The Bertz CT molecular complexity index is 585. The third-order valence-corrected chi connectivity index (χ3v) is 2.87. The van der Waals surface area contributed by atoms with Gasteiger partial charge in [-0.25, -0.2) is 0 Å². The Hall–Kier alpha value is -2.56. The molecule has 104 valence electrons. The molecule has 0 aliphatic heterocycles. The number of aromatic hydroxyl groups is 1. The van der Waals surface area contributed by atoms with Crippen molar-refractivity contribution >= 4 is 5.91 Å². The molecule has 0 aliphatic rings. The zero-order valence-corrected chi connectivity index (χ0v) is 11.2. The molecule has 1 aromatic carbocycles. The minimum absolute atomic E-state index is 0.0651. The molecule has 0 aliphatic carbocycles. The van der Waals surface area contributed by atoms with Gasteiger partial charge in [-0.05, 0) is 36.2 Å². The van der Waals surface area contributed by atoms with Crippen molar-refractivity contribution in [2.24, 2.45) is 0 Å². The van der Waals surface area contributed by atoms with Crippen LogP contribution in [0.1, 0.15) is 15.9 Å². The van der Waals surface area contributed by atoms with Gasteiger partial charge in [0.25, 0.3) is 5.91 Å². The first-order valence-electron chi connectivity index (χ1n) is 6.25. The van der Waals surface area contributed by atoms with Crippen LogP contribution in [0.5, 0.6) is 11.5 Å². The zero-order chi connectivity index (χ0) is 14.4. The van der Waals surface area contributed by atoms with Crippen molar-refractivity contribution in [1.82, 2.24) is 10.3 Å². The molecule has 1 amide bonds. The number of carbonyl (C=O) groups excluding carboxylic acids is 1. The molecule has 0 unspecified atom stereocenters. The maximum atomic E-state index is 12.0. The van der Waals surface area contributed by atoms with E-state index in [-0.39, 0.29) is 17.2 Å². The lowest BCUT2D eigenvalue weighted by atomic mass is 10.1. The molecule has 0 fully saturated rings. The average Bonchev–Trinajstić information content (AvgIpc) is 2.48. The van der Waals surface area contributed by atoms with Gasteiger partial charge in [-0.1, -0.05) is 6.07 Å². The van der Waals surface area contributed by atoms with Crippen molar-refractivity contribution in [3.8, 4) is 11.5 Å². The van der Waals surface area contributed by atoms with E-state index in [1.807, 2.05) is 12.1 Å². The summed E-state index contributed by atoms with van der Waals surface area (Å²) in [7, 11) is 1.51. The number of ether oxygens (including phenoxy) is 1. The summed E-state index contributed by atoms with van der Waals surface area (Å²) in [6, 6.07) is 8.35. The molecule has 0 atom stereocenters. The second kappa shape index (κ2) is 6.56. The number of amides is 1. The van der Waals surface area contributed by atoms with Gasteiger partial charge in [0.2, 0.25) is 0 Å². The second-order valence-electron chi connectivity index (χ2n) is 4.25. The van der Waals surface area contributed by atoms with Crippen LogP contribution in [0.15, 0.2) is 42.7 Å². The summed E-state index contributed by atoms with van der Waals surface area (Å²) < 4.78 is 5.03. The number of hydrogen-bond donors (Lipinski definition) is 2. The van der Waals surface area contributed by atoms with Gasteiger partial charge >= 0.3 is 0 Å². The Kier molecular flexibility index (Phi) is 4.55. The van der Waals surface area contributed by atoms with Crippen molar-refractivity contribution in [3.05, 3.63) is 53.9 Å². The minimum atomic E-state index is -0.328. The van der Waals surface area contributed by atoms with Crippen molar-refractivity contribution in [3.63, 3.8) is 0 Å². The molecular formula is C15H16N2O3. The fraction of sp³-hybridized carbons (Fsp3) is 0.200. The largest absolute Gasteiger partial charge is 0.507 e. The summed E-state index contributed by atoms with van der Waals surface area (Å²) in [6.07, 6.45) is 4.15. The third kappa shape index (κ3) is 3.47. The number of hydrogen-bond acceptors (Lipinski definition) is 4. The fourth-order valence-corrected chi connectivity index (χ4v) is 1.79. The Morgan fingerprint density at radius 3 is 2.95 bits per heavy atom. The highest BCUT2D eigenvalue weighted by Gasteiger charge is 2.11. The maximum Gasteiger partial charge on any atom is 0.255 e. The number of rotatable bonds is 5. The molecule has 0 saturated heterocycles. The highest BCUT2D eigenvalue weighted by Crippen LogP contribution is 2.22. The Morgan fingerprint density at radius 1 is 1.40 bits per heavy atom. The number of benzene rings is 1. The molecule has 0 radical (unpaired) electrons. The van der Waals surface area contributed by atoms with Gasteiger partial charge in [0.05, 0.1) is 12.7 Å². The van der Waals surface area contributed by atoms with E-state index in [1.165, 1.54) is 19.2 Å². The van der Waals surface area contributed by atoms with Gasteiger partial charge < -0.3 is 15.2 Å². The highest BCUT2D eigenvalue weighted by atomic mass is 16.5. The van der Waals surface area contributed by atoms with Gasteiger partial charge in [-0.3, -0.25) is 9.78 Å². The average molecular weight is 272 g/mol. The number of nitrogens with one attached hydrogen (secondary N) is 1. The zero-order valence-electron chi connectivity index (χ0n) is 11.2. The molecule has 2 N–H and O–H groups in total. The van der Waals surface area contributed by atoms with Crippen LogP contribution >= 0.6 is 0 Å². The smallest absolute Gasteiger partial charge is 0.255 e. The van der Waals surface area contributed by atoms with Crippen LogP contribution in [0.3, 0.4) is 0 Å². The third-order valence-electron chi connectivity index (χ3n) is 2.87. The van der Waals surface area contributed by atoms with Crippen molar-refractivity contribution < 1.29 is 14.6 Å². The summed E-state index contributed by atoms with van der Waals surface area (Å²) in [5.41, 5.74) is 1.25. The summed E-state index contributed by atoms with van der Waals surface area (Å²) in [5.74, 6) is 0.134. The maximum absolute atomic E-state index is 12.0. The second-order valence-corrected chi connectivity index (χ2v) is 4.25. The number of aromatic nitrogens is 1. The fourth-order valence-electron chi connectivity index (χ4n) is 1.79. The molecule has 1 heterocycles. The molecule has 0 saturated carbocycles. The summed E-state index contributed by atoms with van der Waals surface area (Å²) in [5, 5.41) is 12.4. The van der Waals surface area contributed by atoms with Crippen molar-refractivity contribution in [1.29, 1.82) is 0 Å². The lowest BCUT2D eigenvalue weighted by Crippen LogP contribution is -2.25. The minimum Gasteiger partial charge on any atom is -0.507 e. The van der Waals surface area contributed by atoms with E-state index in [4.69, 9.17) is 4.74 Å². The predicted molar refractivity (Wildman–Crippen MR) is 74.9 cm³/mol. The van der Waals surface area contributed by atoms with Crippen LogP contribution in [0.25, 0.3) is 0 Å². The first-order valence-corrected chi connectivity index (χ1v) is 6.25. The van der Waals surface area contributed by atoms with Gasteiger partial charge in [0, 0.05) is 18.9 Å². The van der Waals surface area contributed by atoms with E-state index in [0.29, 0.717) is 18.7 Å². The SMILES string of the molecule is COc1ccc(O)c(C(=O)NCCc2cccnc2)c1. The summed E-state index contributed by atoms with van der Waals surface area (Å²) in [6.45, 7) is 0.473. The first-order chi connectivity index (χ1) is 9.70. The monoisotopic (exact) mass is 272 g/mol.